The van der Waals surface area contributed by atoms with Crippen LogP contribution in [0.4, 0.5) is 0 Å². The summed E-state index contributed by atoms with van der Waals surface area (Å²) in [5.41, 5.74) is 0. The molecule has 6 nitrogen and oxygen atoms in total. The maximum atomic E-state index is 12.3. The highest BCUT2D eigenvalue weighted by Crippen LogP contribution is 2.32. The third-order valence-electron chi connectivity index (χ3n) is 2.44. The van der Waals surface area contributed by atoms with Gasteiger partial charge in [0.25, 0.3) is 0 Å². The van der Waals surface area contributed by atoms with Gasteiger partial charge in [-0.25, -0.2) is 8.42 Å². The van der Waals surface area contributed by atoms with E-state index >= 15 is 0 Å². The second-order valence-corrected chi connectivity index (χ2v) is 7.37. The van der Waals surface area contributed by atoms with E-state index in [2.05, 4.69) is 20.7 Å². The SMILES string of the molecule is COCCC(NS(=O)(=O)c1c(Cl)cc(Br)cc1Cl)C(=O)O. The van der Waals surface area contributed by atoms with Gasteiger partial charge in [-0.3, -0.25) is 4.79 Å². The molecule has 1 aromatic rings. The van der Waals surface area contributed by atoms with Crippen molar-refractivity contribution in [2.45, 2.75) is 17.4 Å². The van der Waals surface area contributed by atoms with Crippen molar-refractivity contribution in [2.75, 3.05) is 13.7 Å². The third kappa shape index (κ3) is 5.08. The standard InChI is InChI=1S/C11H12BrCl2NO5S/c1-20-3-2-9(11(16)17)15-21(18,19)10-7(13)4-6(12)5-8(10)14/h4-5,9,15H,2-3H2,1H3,(H,16,17). The second-order valence-electron chi connectivity index (χ2n) is 3.99. The average molecular weight is 421 g/mol. The minimum Gasteiger partial charge on any atom is -0.480 e. The van der Waals surface area contributed by atoms with E-state index in [9.17, 15) is 13.2 Å². The second kappa shape index (κ2) is 7.75. The number of nitrogens with one attached hydrogen (secondary N) is 1. The molecule has 0 aliphatic heterocycles. The first-order valence-corrected chi connectivity index (χ1v) is 8.61. The van der Waals surface area contributed by atoms with Crippen molar-refractivity contribution in [2.24, 2.45) is 0 Å². The van der Waals surface area contributed by atoms with Gasteiger partial charge in [-0.2, -0.15) is 4.72 Å². The molecule has 10 heteroatoms. The quantitative estimate of drug-likeness (QED) is 0.706. The van der Waals surface area contributed by atoms with Gasteiger partial charge in [0.2, 0.25) is 10.0 Å². The van der Waals surface area contributed by atoms with Gasteiger partial charge < -0.3 is 9.84 Å². The molecule has 0 saturated carbocycles. The van der Waals surface area contributed by atoms with Crippen LogP contribution in [0.2, 0.25) is 10.0 Å². The van der Waals surface area contributed by atoms with Crippen molar-refractivity contribution >= 4 is 55.1 Å². The van der Waals surface area contributed by atoms with Gasteiger partial charge in [-0.1, -0.05) is 39.1 Å². The molecule has 0 amide bonds. The largest absolute Gasteiger partial charge is 0.480 e. The number of aliphatic carboxylic acids is 1. The van der Waals surface area contributed by atoms with Crippen LogP contribution < -0.4 is 4.72 Å². The smallest absolute Gasteiger partial charge is 0.321 e. The number of carboxylic acids is 1. The summed E-state index contributed by atoms with van der Waals surface area (Å²) >= 11 is 14.9. The molecule has 21 heavy (non-hydrogen) atoms. The number of halogens is 3. The summed E-state index contributed by atoms with van der Waals surface area (Å²) in [6, 6.07) is 1.37. The molecule has 0 spiro atoms. The molecule has 0 aromatic heterocycles. The molecule has 2 N–H and O–H groups in total. The Morgan fingerprint density at radius 2 is 1.95 bits per heavy atom. The fraction of sp³-hybridized carbons (Fsp3) is 0.364. The number of carboxylic acid groups (broad SMARTS) is 1. The number of carbonyl (C=O) groups is 1. The van der Waals surface area contributed by atoms with E-state index in [1.807, 2.05) is 0 Å². The van der Waals surface area contributed by atoms with Crippen LogP contribution in [0, 0.1) is 0 Å². The molecule has 0 saturated heterocycles. The van der Waals surface area contributed by atoms with Crippen LogP contribution in [-0.4, -0.2) is 39.3 Å². The number of hydrogen-bond donors (Lipinski definition) is 2. The van der Waals surface area contributed by atoms with Crippen molar-refractivity contribution in [1.29, 1.82) is 0 Å². The third-order valence-corrected chi connectivity index (χ3v) is 5.29. The lowest BCUT2D eigenvalue weighted by molar-refractivity contribution is -0.139. The minimum atomic E-state index is -4.18. The van der Waals surface area contributed by atoms with Crippen molar-refractivity contribution in [3.05, 3.63) is 26.7 Å². The first-order valence-electron chi connectivity index (χ1n) is 5.57. The van der Waals surface area contributed by atoms with E-state index in [0.29, 0.717) is 4.47 Å². The highest BCUT2D eigenvalue weighted by Gasteiger charge is 2.28. The number of methoxy groups -OCH3 is 1. The predicted molar refractivity (Wildman–Crippen MR) is 82.4 cm³/mol. The molecule has 0 aliphatic rings. The molecule has 0 aliphatic carbocycles. The molecule has 0 bridgehead atoms. The van der Waals surface area contributed by atoms with E-state index in [-0.39, 0.29) is 28.0 Å². The van der Waals surface area contributed by atoms with Gasteiger partial charge in [0.15, 0.2) is 0 Å². The van der Waals surface area contributed by atoms with Crippen molar-refractivity contribution < 1.29 is 23.1 Å². The normalized spacial score (nSPS) is 13.1. The molecule has 1 rings (SSSR count). The molecular formula is C11H12BrCl2NO5S. The number of hydrogen-bond acceptors (Lipinski definition) is 4. The molecule has 0 heterocycles. The van der Waals surface area contributed by atoms with E-state index in [4.69, 9.17) is 33.0 Å². The van der Waals surface area contributed by atoms with Gasteiger partial charge in [0, 0.05) is 18.2 Å². The summed E-state index contributed by atoms with van der Waals surface area (Å²) in [6.45, 7) is 0.0846. The Hall–Kier alpha value is -0.380. The maximum Gasteiger partial charge on any atom is 0.321 e. The highest BCUT2D eigenvalue weighted by atomic mass is 79.9. The van der Waals surface area contributed by atoms with Crippen molar-refractivity contribution in [3.8, 4) is 0 Å². The lowest BCUT2D eigenvalue weighted by Crippen LogP contribution is -2.41. The predicted octanol–water partition coefficient (Wildman–Crippen LogP) is 2.52. The van der Waals surface area contributed by atoms with Crippen LogP contribution in [0.15, 0.2) is 21.5 Å². The molecule has 1 unspecified atom stereocenters. The van der Waals surface area contributed by atoms with Crippen LogP contribution in [0.5, 0.6) is 0 Å². The van der Waals surface area contributed by atoms with Gasteiger partial charge in [0.05, 0.1) is 10.0 Å². The summed E-state index contributed by atoms with van der Waals surface area (Å²) in [6.07, 6.45) is -0.0309. The highest BCUT2D eigenvalue weighted by molar-refractivity contribution is 9.10. The lowest BCUT2D eigenvalue weighted by atomic mass is 10.2. The van der Waals surface area contributed by atoms with Gasteiger partial charge in [-0.05, 0) is 18.6 Å². The van der Waals surface area contributed by atoms with Crippen LogP contribution in [0.3, 0.4) is 0 Å². The molecule has 1 aromatic carbocycles. The number of rotatable bonds is 7. The Balaban J connectivity index is 3.14. The Kier molecular flexibility index (Phi) is 6.89. The van der Waals surface area contributed by atoms with E-state index < -0.39 is 22.0 Å². The van der Waals surface area contributed by atoms with Crippen molar-refractivity contribution in [3.63, 3.8) is 0 Å². The molecule has 0 radical (unpaired) electrons. The first kappa shape index (κ1) is 18.7. The average Bonchev–Trinajstić information content (AvgIpc) is 2.32. The fourth-order valence-corrected chi connectivity index (χ4v) is 4.66. The van der Waals surface area contributed by atoms with E-state index in [1.54, 1.807) is 0 Å². The monoisotopic (exact) mass is 419 g/mol. The molecular weight excluding hydrogens is 409 g/mol. The Bertz CT molecular complexity index is 614. The zero-order valence-corrected chi connectivity index (χ0v) is 14.7. The zero-order chi connectivity index (χ0) is 16.2. The minimum absolute atomic E-state index is 0.0309. The Morgan fingerprint density at radius 3 is 2.38 bits per heavy atom. The Morgan fingerprint density at radius 1 is 1.43 bits per heavy atom. The van der Waals surface area contributed by atoms with Crippen LogP contribution in [-0.2, 0) is 19.6 Å². The van der Waals surface area contributed by atoms with Gasteiger partial charge in [0.1, 0.15) is 10.9 Å². The summed E-state index contributed by atoms with van der Waals surface area (Å²) in [5.74, 6) is -1.32. The first-order chi connectivity index (χ1) is 9.69. The fourth-order valence-electron chi connectivity index (χ4n) is 1.50. The van der Waals surface area contributed by atoms with E-state index in [1.165, 1.54) is 19.2 Å². The Labute approximate surface area is 140 Å². The van der Waals surface area contributed by atoms with Crippen LogP contribution in [0.25, 0.3) is 0 Å². The molecule has 1 atom stereocenters. The van der Waals surface area contributed by atoms with Crippen LogP contribution in [0.1, 0.15) is 6.42 Å². The summed E-state index contributed by atoms with van der Waals surface area (Å²) in [7, 11) is -2.80. The van der Waals surface area contributed by atoms with Gasteiger partial charge in [-0.15, -0.1) is 0 Å². The van der Waals surface area contributed by atoms with E-state index in [0.717, 1.165) is 0 Å². The summed E-state index contributed by atoms with van der Waals surface area (Å²) < 4.78 is 31.8. The number of ether oxygens (including phenoxy) is 1. The molecule has 118 valence electrons. The summed E-state index contributed by atoms with van der Waals surface area (Å²) in [4.78, 5) is 10.7. The topological polar surface area (TPSA) is 92.7 Å². The lowest BCUT2D eigenvalue weighted by Gasteiger charge is -2.16. The zero-order valence-electron chi connectivity index (χ0n) is 10.8. The van der Waals surface area contributed by atoms with Crippen molar-refractivity contribution in [1.82, 2.24) is 4.72 Å². The number of sulfonamides is 1. The van der Waals surface area contributed by atoms with Crippen LogP contribution >= 0.6 is 39.1 Å². The molecule has 0 fully saturated rings. The maximum absolute atomic E-state index is 12.3. The summed E-state index contributed by atoms with van der Waals surface area (Å²) in [5, 5.41) is 8.81. The number of benzene rings is 1. The van der Waals surface area contributed by atoms with Gasteiger partial charge >= 0.3 is 5.97 Å².